The van der Waals surface area contributed by atoms with Crippen molar-refractivity contribution >= 4 is 34.0 Å². The second-order valence-corrected chi connectivity index (χ2v) is 4.55. The van der Waals surface area contributed by atoms with Gasteiger partial charge in [0.25, 0.3) is 0 Å². The first-order valence-electron chi connectivity index (χ1n) is 6.26. The van der Waals surface area contributed by atoms with Crippen molar-refractivity contribution in [1.82, 2.24) is 4.98 Å². The van der Waals surface area contributed by atoms with E-state index in [0.717, 1.165) is 17.4 Å². The van der Waals surface area contributed by atoms with Crippen molar-refractivity contribution in [2.24, 2.45) is 5.73 Å². The van der Waals surface area contributed by atoms with Gasteiger partial charge in [0.05, 0.1) is 16.6 Å². The number of hydrogen-bond donors (Lipinski definition) is 1. The highest BCUT2D eigenvalue weighted by atomic mass is 16.1. The van der Waals surface area contributed by atoms with Gasteiger partial charge in [-0.15, -0.1) is 0 Å². The van der Waals surface area contributed by atoms with E-state index in [2.05, 4.69) is 4.98 Å². The predicted octanol–water partition coefficient (Wildman–Crippen LogP) is 2.23. The van der Waals surface area contributed by atoms with Crippen LogP contribution in [0.1, 0.15) is 15.9 Å². The van der Waals surface area contributed by atoms with E-state index in [1.807, 2.05) is 42.5 Å². The highest BCUT2D eigenvalue weighted by molar-refractivity contribution is 6.16. The number of pyridine rings is 1. The lowest BCUT2D eigenvalue weighted by Gasteiger charge is -2.10. The number of aldehydes is 1. The minimum atomic E-state index is -0.507. The maximum Gasteiger partial charge on any atom is 0.250 e. The van der Waals surface area contributed by atoms with E-state index < -0.39 is 5.91 Å². The first kappa shape index (κ1) is 12.3. The van der Waals surface area contributed by atoms with Crippen LogP contribution in [-0.4, -0.2) is 17.2 Å². The summed E-state index contributed by atoms with van der Waals surface area (Å²) in [6.45, 7) is 0. The van der Waals surface area contributed by atoms with Crippen LogP contribution >= 0.6 is 0 Å². The number of primary amides is 1. The van der Waals surface area contributed by atoms with Crippen molar-refractivity contribution in [2.75, 3.05) is 0 Å². The fourth-order valence-corrected chi connectivity index (χ4v) is 2.53. The molecule has 0 aliphatic rings. The quantitative estimate of drug-likeness (QED) is 0.582. The predicted molar refractivity (Wildman–Crippen MR) is 77.5 cm³/mol. The van der Waals surface area contributed by atoms with Crippen LogP contribution in [0.2, 0.25) is 0 Å². The average Bonchev–Trinajstić information content (AvgIpc) is 2.45. The molecule has 0 saturated heterocycles. The molecule has 1 heterocycles. The lowest BCUT2D eigenvalue weighted by atomic mass is 9.97. The summed E-state index contributed by atoms with van der Waals surface area (Å²) < 4.78 is 0. The molecule has 20 heavy (non-hydrogen) atoms. The Morgan fingerprint density at radius 2 is 1.85 bits per heavy atom. The van der Waals surface area contributed by atoms with Gasteiger partial charge in [-0.1, -0.05) is 30.3 Å². The second-order valence-electron chi connectivity index (χ2n) is 4.55. The zero-order valence-corrected chi connectivity index (χ0v) is 10.7. The van der Waals surface area contributed by atoms with Crippen LogP contribution in [-0.2, 0) is 11.2 Å². The number of para-hydroxylation sites is 1. The third-order valence-corrected chi connectivity index (χ3v) is 3.34. The van der Waals surface area contributed by atoms with Gasteiger partial charge in [-0.3, -0.25) is 4.79 Å². The smallest absolute Gasteiger partial charge is 0.250 e. The molecule has 2 N–H and O–H groups in total. The van der Waals surface area contributed by atoms with Crippen molar-refractivity contribution < 1.29 is 9.59 Å². The molecular formula is C16H12N2O2. The fraction of sp³-hybridized carbons (Fsp3) is 0.0625. The molecule has 4 nitrogen and oxygen atoms in total. The maximum atomic E-state index is 11.9. The number of amides is 1. The Balaban J connectivity index is 2.55. The van der Waals surface area contributed by atoms with Gasteiger partial charge in [-0.2, -0.15) is 0 Å². The third kappa shape index (κ3) is 1.82. The van der Waals surface area contributed by atoms with Gasteiger partial charge in [0.1, 0.15) is 6.29 Å². The molecule has 0 bridgehead atoms. The van der Waals surface area contributed by atoms with Crippen molar-refractivity contribution in [3.05, 3.63) is 53.6 Å². The Hall–Kier alpha value is -2.75. The Bertz CT molecular complexity index is 840. The largest absolute Gasteiger partial charge is 0.366 e. The Kier molecular flexibility index (Phi) is 2.91. The number of benzene rings is 2. The molecule has 0 saturated carbocycles. The summed E-state index contributed by atoms with van der Waals surface area (Å²) >= 11 is 0. The minimum absolute atomic E-state index is 0.234. The molecule has 2 aromatic carbocycles. The van der Waals surface area contributed by atoms with E-state index in [4.69, 9.17) is 5.73 Å². The number of fused-ring (bicyclic) bond motifs is 2. The number of hydrogen-bond acceptors (Lipinski definition) is 3. The van der Waals surface area contributed by atoms with E-state index >= 15 is 0 Å². The number of nitrogens with two attached hydrogens (primary N) is 1. The van der Waals surface area contributed by atoms with Crippen molar-refractivity contribution in [2.45, 2.75) is 6.42 Å². The molecule has 0 spiro atoms. The molecule has 0 atom stereocenters. The van der Waals surface area contributed by atoms with Gasteiger partial charge in [-0.05, 0) is 17.7 Å². The summed E-state index contributed by atoms with van der Waals surface area (Å²) in [7, 11) is 0. The van der Waals surface area contributed by atoms with E-state index in [1.54, 1.807) is 0 Å². The van der Waals surface area contributed by atoms with E-state index in [1.165, 1.54) is 0 Å². The van der Waals surface area contributed by atoms with Gasteiger partial charge in [-0.25, -0.2) is 4.98 Å². The zero-order chi connectivity index (χ0) is 14.1. The summed E-state index contributed by atoms with van der Waals surface area (Å²) in [6.07, 6.45) is 1.05. The molecule has 0 aliphatic heterocycles. The van der Waals surface area contributed by atoms with Gasteiger partial charge >= 0.3 is 0 Å². The second kappa shape index (κ2) is 4.74. The molecule has 0 unspecified atom stereocenters. The summed E-state index contributed by atoms with van der Waals surface area (Å²) in [5, 5.41) is 1.39. The summed E-state index contributed by atoms with van der Waals surface area (Å²) in [4.78, 5) is 27.3. The standard InChI is InChI=1S/C16H12N2O2/c17-16(20)15-11-5-1-2-6-12(11)18-13-7-3-4-10(8-9-19)14(13)15/h1-7,9H,8H2,(H2,17,20). The molecule has 98 valence electrons. The van der Waals surface area contributed by atoms with Gasteiger partial charge in [0.2, 0.25) is 5.91 Å². The normalized spacial score (nSPS) is 10.8. The number of rotatable bonds is 3. The molecular weight excluding hydrogens is 252 g/mol. The SMILES string of the molecule is NC(=O)c1c2ccccc2nc2cccc(CC=O)c12. The number of nitrogens with zero attached hydrogens (tertiary/aromatic N) is 1. The van der Waals surface area contributed by atoms with Crippen molar-refractivity contribution in [3.63, 3.8) is 0 Å². The summed E-state index contributed by atoms with van der Waals surface area (Å²) in [5.74, 6) is -0.507. The minimum Gasteiger partial charge on any atom is -0.366 e. The van der Waals surface area contributed by atoms with Gasteiger partial charge in [0, 0.05) is 17.2 Å². The fourth-order valence-electron chi connectivity index (χ4n) is 2.53. The summed E-state index contributed by atoms with van der Waals surface area (Å²) in [6, 6.07) is 12.8. The van der Waals surface area contributed by atoms with Gasteiger partial charge < -0.3 is 10.5 Å². The molecule has 3 rings (SSSR count). The van der Waals surface area contributed by atoms with Crippen LogP contribution in [0.4, 0.5) is 0 Å². The van der Waals surface area contributed by atoms with E-state index in [9.17, 15) is 9.59 Å². The molecule has 1 aromatic heterocycles. The number of carbonyl (C=O) groups is 2. The Morgan fingerprint density at radius 1 is 1.10 bits per heavy atom. The van der Waals surface area contributed by atoms with E-state index in [-0.39, 0.29) is 6.42 Å². The van der Waals surface area contributed by atoms with Crippen LogP contribution in [0.15, 0.2) is 42.5 Å². The summed E-state index contributed by atoms with van der Waals surface area (Å²) in [5.41, 5.74) is 8.15. The Morgan fingerprint density at radius 3 is 2.60 bits per heavy atom. The molecule has 1 amide bonds. The topological polar surface area (TPSA) is 73.1 Å². The highest BCUT2D eigenvalue weighted by Gasteiger charge is 2.15. The van der Waals surface area contributed by atoms with Crippen LogP contribution in [0.25, 0.3) is 21.8 Å². The average molecular weight is 264 g/mol. The third-order valence-electron chi connectivity index (χ3n) is 3.34. The molecule has 0 radical (unpaired) electrons. The maximum absolute atomic E-state index is 11.9. The molecule has 0 aliphatic carbocycles. The molecule has 3 aromatic rings. The lowest BCUT2D eigenvalue weighted by Crippen LogP contribution is -2.13. The molecule has 4 heteroatoms. The van der Waals surface area contributed by atoms with Crippen LogP contribution in [0, 0.1) is 0 Å². The monoisotopic (exact) mass is 264 g/mol. The first-order valence-corrected chi connectivity index (χ1v) is 6.26. The zero-order valence-electron chi connectivity index (χ0n) is 10.7. The number of aromatic nitrogens is 1. The first-order chi connectivity index (χ1) is 9.72. The Labute approximate surface area is 115 Å². The van der Waals surface area contributed by atoms with E-state index in [0.29, 0.717) is 21.9 Å². The van der Waals surface area contributed by atoms with Crippen molar-refractivity contribution in [3.8, 4) is 0 Å². The van der Waals surface area contributed by atoms with Crippen molar-refractivity contribution in [1.29, 1.82) is 0 Å². The van der Waals surface area contributed by atoms with Gasteiger partial charge in [0.15, 0.2) is 0 Å². The number of carbonyl (C=O) groups excluding carboxylic acids is 2. The van der Waals surface area contributed by atoms with Crippen LogP contribution in [0.3, 0.4) is 0 Å². The van der Waals surface area contributed by atoms with Crippen LogP contribution in [0.5, 0.6) is 0 Å². The lowest BCUT2D eigenvalue weighted by molar-refractivity contribution is -0.107. The highest BCUT2D eigenvalue weighted by Crippen LogP contribution is 2.28. The van der Waals surface area contributed by atoms with Crippen LogP contribution < -0.4 is 5.73 Å². The molecule has 0 fully saturated rings.